The lowest BCUT2D eigenvalue weighted by molar-refractivity contribution is 0.419. The van der Waals surface area contributed by atoms with Crippen molar-refractivity contribution in [2.45, 2.75) is 63.7 Å². The van der Waals surface area contributed by atoms with Gasteiger partial charge in [-0.2, -0.15) is 0 Å². The molecule has 0 amide bonds. The third-order valence-electron chi connectivity index (χ3n) is 6.34. The van der Waals surface area contributed by atoms with Crippen LogP contribution in [0.3, 0.4) is 0 Å². The van der Waals surface area contributed by atoms with Crippen LogP contribution in [0, 0.1) is 0 Å². The molecule has 0 heterocycles. The molecule has 1 unspecified atom stereocenters. The van der Waals surface area contributed by atoms with Crippen LogP contribution in [0.5, 0.6) is 0 Å². The number of hydrogen-bond acceptors (Lipinski definition) is 2. The Balaban J connectivity index is 3.11. The Morgan fingerprint density at radius 3 is 1.62 bits per heavy atom. The lowest BCUT2D eigenvalue weighted by Crippen LogP contribution is -2.77. The fraction of sp³-hybridized carbons (Fsp3) is 0.565. The summed E-state index contributed by atoms with van der Waals surface area (Å²) in [7, 11) is -0.495. The highest BCUT2D eigenvalue weighted by Gasteiger charge is 2.62. The van der Waals surface area contributed by atoms with Crippen molar-refractivity contribution in [1.82, 2.24) is 0 Å². The molecule has 2 rings (SSSR count). The van der Waals surface area contributed by atoms with Crippen LogP contribution in [0.15, 0.2) is 36.4 Å². The van der Waals surface area contributed by atoms with E-state index in [2.05, 4.69) is 121 Å². The van der Waals surface area contributed by atoms with E-state index in [-0.39, 0.29) is 0 Å². The normalized spacial score (nSPS) is 15.6. The molecule has 0 aromatic heterocycles. The average Bonchev–Trinajstić information content (AvgIpc) is 2.55. The Bertz CT molecular complexity index is 843. The number of benzene rings is 2. The molecular formula is C23H43NOSi4. The summed E-state index contributed by atoms with van der Waals surface area (Å²) in [6.07, 6.45) is 0. The van der Waals surface area contributed by atoms with Gasteiger partial charge in [0.2, 0.25) is 7.83 Å². The van der Waals surface area contributed by atoms with Crippen molar-refractivity contribution in [1.29, 1.82) is 0 Å². The van der Waals surface area contributed by atoms with Gasteiger partial charge >= 0.3 is 0 Å². The molecule has 0 spiro atoms. The number of rotatable bonds is 7. The molecule has 0 saturated carbocycles. The highest BCUT2D eigenvalue weighted by Crippen LogP contribution is 2.45. The molecule has 0 aliphatic heterocycles. The second-order valence-electron chi connectivity index (χ2n) is 11.9. The van der Waals surface area contributed by atoms with E-state index in [4.69, 9.17) is 4.43 Å². The molecular weight excluding hydrogens is 419 g/mol. The van der Waals surface area contributed by atoms with Crippen molar-refractivity contribution in [3.8, 4) is 0 Å². The van der Waals surface area contributed by atoms with Crippen LogP contribution < -0.4 is 10.1 Å². The summed E-state index contributed by atoms with van der Waals surface area (Å²) in [6, 6.07) is 13.8. The Morgan fingerprint density at radius 2 is 1.24 bits per heavy atom. The van der Waals surface area contributed by atoms with Gasteiger partial charge in [0.1, 0.15) is 0 Å². The molecule has 2 aromatic carbocycles. The fourth-order valence-electron chi connectivity index (χ4n) is 6.05. The fourth-order valence-corrected chi connectivity index (χ4v) is 55.0. The van der Waals surface area contributed by atoms with Crippen molar-refractivity contribution < 1.29 is 4.43 Å². The molecule has 162 valence electrons. The van der Waals surface area contributed by atoms with Gasteiger partial charge in [-0.25, -0.2) is 0 Å². The van der Waals surface area contributed by atoms with Gasteiger partial charge in [-0.15, -0.1) is 0 Å². The number of nitrogens with zero attached hydrogens (tertiary/aromatic N) is 1. The Hall–Kier alpha value is -0.672. The highest BCUT2D eigenvalue weighted by molar-refractivity contribution is 7.49. The average molecular weight is 462 g/mol. The van der Waals surface area contributed by atoms with Gasteiger partial charge in [-0.3, -0.25) is 0 Å². The summed E-state index contributed by atoms with van der Waals surface area (Å²) in [4.78, 5) is 3.04. The molecule has 0 aliphatic carbocycles. The first-order valence-corrected chi connectivity index (χ1v) is 24.5. The highest BCUT2D eigenvalue weighted by atomic mass is 29.3. The van der Waals surface area contributed by atoms with E-state index in [9.17, 15) is 0 Å². The SMILES string of the molecule is CO[Si](c1cccc2cccc(N(C)C)c12)(C([Si](C)(C)C)[Si](C)(C)C)[Si](C)(C)C. The first kappa shape index (κ1) is 24.6. The number of anilines is 1. The van der Waals surface area contributed by atoms with Gasteiger partial charge in [-0.1, -0.05) is 89.3 Å². The summed E-state index contributed by atoms with van der Waals surface area (Å²) in [5, 5.41) is 4.36. The number of fused-ring (bicyclic) bond motifs is 1. The minimum atomic E-state index is -2.25. The predicted molar refractivity (Wildman–Crippen MR) is 144 cm³/mol. The molecule has 0 saturated heterocycles. The van der Waals surface area contributed by atoms with E-state index in [0.29, 0.717) is 0 Å². The maximum atomic E-state index is 7.00. The zero-order valence-electron chi connectivity index (χ0n) is 20.9. The largest absolute Gasteiger partial charge is 0.418 e. The first-order valence-electron chi connectivity index (χ1n) is 10.8. The van der Waals surface area contributed by atoms with E-state index in [1.807, 2.05) is 0 Å². The van der Waals surface area contributed by atoms with Gasteiger partial charge < -0.3 is 9.33 Å². The molecule has 0 bridgehead atoms. The first-order chi connectivity index (χ1) is 13.1. The lowest BCUT2D eigenvalue weighted by Gasteiger charge is -2.55. The monoisotopic (exact) mass is 461 g/mol. The van der Waals surface area contributed by atoms with Crippen LogP contribution in [-0.4, -0.2) is 52.8 Å². The molecule has 0 N–H and O–H groups in total. The second-order valence-corrected chi connectivity index (χ2v) is 38.5. The smallest absolute Gasteiger partial charge is 0.207 e. The zero-order valence-corrected chi connectivity index (χ0v) is 24.9. The van der Waals surface area contributed by atoms with Crippen LogP contribution in [-0.2, 0) is 4.43 Å². The van der Waals surface area contributed by atoms with E-state index in [1.54, 1.807) is 5.19 Å². The molecule has 6 heteroatoms. The summed E-state index contributed by atoms with van der Waals surface area (Å²) < 4.78 is 7.00. The third kappa shape index (κ3) is 4.37. The number of hydrogen-bond donors (Lipinski definition) is 0. The zero-order chi connectivity index (χ0) is 22.4. The summed E-state index contributed by atoms with van der Waals surface area (Å²) in [5.41, 5.74) is 1.33. The molecule has 29 heavy (non-hydrogen) atoms. The molecule has 0 fully saturated rings. The molecule has 0 radical (unpaired) electrons. The minimum absolute atomic E-state index is 0.764. The molecule has 1 atom stereocenters. The Morgan fingerprint density at radius 1 is 0.759 bits per heavy atom. The van der Waals surface area contributed by atoms with Crippen LogP contribution in [0.1, 0.15) is 0 Å². The maximum Gasteiger partial charge on any atom is 0.207 e. The van der Waals surface area contributed by atoms with Gasteiger partial charge in [0.25, 0.3) is 0 Å². The van der Waals surface area contributed by atoms with Gasteiger partial charge in [-0.05, 0) is 21.4 Å². The summed E-state index contributed by atoms with van der Waals surface area (Å²) >= 11 is 0. The van der Waals surface area contributed by atoms with Crippen LogP contribution in [0.25, 0.3) is 10.8 Å². The van der Waals surface area contributed by atoms with E-state index in [1.165, 1.54) is 16.5 Å². The molecule has 2 aromatic rings. The van der Waals surface area contributed by atoms with Crippen molar-refractivity contribution in [2.24, 2.45) is 0 Å². The van der Waals surface area contributed by atoms with E-state index >= 15 is 0 Å². The van der Waals surface area contributed by atoms with Crippen LogP contribution >= 0.6 is 0 Å². The topological polar surface area (TPSA) is 12.5 Å². The van der Waals surface area contributed by atoms with Crippen molar-refractivity contribution >= 4 is 53.2 Å². The van der Waals surface area contributed by atoms with E-state index < -0.39 is 31.6 Å². The Kier molecular flexibility index (Phi) is 6.88. The molecule has 2 nitrogen and oxygen atoms in total. The predicted octanol–water partition coefficient (Wildman–Crippen LogP) is 6.25. The maximum absolute atomic E-state index is 7.00. The summed E-state index contributed by atoms with van der Waals surface area (Å²) in [6.45, 7) is 23.3. The third-order valence-corrected chi connectivity index (χ3v) is 38.2. The van der Waals surface area contributed by atoms with Crippen molar-refractivity contribution in [3.05, 3.63) is 36.4 Å². The van der Waals surface area contributed by atoms with E-state index in [0.717, 1.165) is 4.79 Å². The lowest BCUT2D eigenvalue weighted by atomic mass is 10.1. The summed E-state index contributed by atoms with van der Waals surface area (Å²) in [5.74, 6) is 0. The Labute approximate surface area is 183 Å². The minimum Gasteiger partial charge on any atom is -0.418 e. The second kappa shape index (κ2) is 8.11. The van der Waals surface area contributed by atoms with Gasteiger partial charge in [0.05, 0.1) is 7.59 Å². The molecule has 0 aliphatic rings. The van der Waals surface area contributed by atoms with Crippen LogP contribution in [0.2, 0.25) is 63.7 Å². The van der Waals surface area contributed by atoms with Gasteiger partial charge in [0.15, 0.2) is 0 Å². The van der Waals surface area contributed by atoms with Crippen molar-refractivity contribution in [3.63, 3.8) is 0 Å². The quantitative estimate of drug-likeness (QED) is 0.452. The van der Waals surface area contributed by atoms with Crippen LogP contribution in [0.4, 0.5) is 5.69 Å². The standard InChI is InChI=1S/C23H43NOSi4/c1-24(2)20-17-13-15-19-16-14-18-21(22(19)20)29(25-3,28(10,11)12)23(26(4,5)6)27(7,8)9/h13-18,23H,1-12H3. The van der Waals surface area contributed by atoms with Crippen molar-refractivity contribution in [2.75, 3.05) is 26.1 Å². The van der Waals surface area contributed by atoms with Gasteiger partial charge in [0, 0.05) is 48.4 Å².